The summed E-state index contributed by atoms with van der Waals surface area (Å²) in [5.41, 5.74) is 1.59. The summed E-state index contributed by atoms with van der Waals surface area (Å²) in [5.74, 6) is -0.866. The van der Waals surface area contributed by atoms with E-state index in [0.29, 0.717) is 10.6 Å². The number of carboxylic acids is 1. The van der Waals surface area contributed by atoms with Gasteiger partial charge in [-0.05, 0) is 39.3 Å². The van der Waals surface area contributed by atoms with Crippen LogP contribution in [0.3, 0.4) is 0 Å². The number of nitrogens with zero attached hydrogens (tertiary/aromatic N) is 2. The summed E-state index contributed by atoms with van der Waals surface area (Å²) in [6.45, 7) is 7.41. The molecule has 0 saturated carbocycles. The molecule has 0 saturated heterocycles. The van der Waals surface area contributed by atoms with Gasteiger partial charge in [0.2, 0.25) is 5.91 Å². The van der Waals surface area contributed by atoms with Gasteiger partial charge in [-0.3, -0.25) is 4.79 Å². The Labute approximate surface area is 123 Å². The van der Waals surface area contributed by atoms with Crippen LogP contribution >= 0.6 is 11.8 Å². The SMILES string of the molecule is Cc1cc(C)c(C(=O)O)c(SCC(=O)N(C)C(C)C)n1. The molecule has 6 heteroatoms. The van der Waals surface area contributed by atoms with Crippen molar-refractivity contribution in [2.24, 2.45) is 0 Å². The quantitative estimate of drug-likeness (QED) is 0.845. The van der Waals surface area contributed by atoms with Crippen molar-refractivity contribution >= 4 is 23.6 Å². The van der Waals surface area contributed by atoms with Crippen LogP contribution in [-0.4, -0.2) is 45.7 Å². The molecule has 0 aliphatic carbocycles. The van der Waals surface area contributed by atoms with Crippen LogP contribution in [0.1, 0.15) is 35.5 Å². The first-order valence-electron chi connectivity index (χ1n) is 6.34. The Morgan fingerprint density at radius 2 is 2.00 bits per heavy atom. The summed E-state index contributed by atoms with van der Waals surface area (Å²) in [4.78, 5) is 29.1. The zero-order valence-corrected chi connectivity index (χ0v) is 13.2. The van der Waals surface area contributed by atoms with Crippen molar-refractivity contribution in [3.8, 4) is 0 Å². The lowest BCUT2D eigenvalue weighted by Gasteiger charge is -2.21. The maximum atomic E-state index is 11.9. The van der Waals surface area contributed by atoms with E-state index in [9.17, 15) is 14.7 Å². The highest BCUT2D eigenvalue weighted by Crippen LogP contribution is 2.24. The van der Waals surface area contributed by atoms with E-state index in [2.05, 4.69) is 4.98 Å². The third-order valence-corrected chi connectivity index (χ3v) is 3.99. The molecule has 5 nitrogen and oxygen atoms in total. The van der Waals surface area contributed by atoms with Gasteiger partial charge in [0.15, 0.2) is 0 Å². The van der Waals surface area contributed by atoms with Gasteiger partial charge < -0.3 is 10.0 Å². The molecular formula is C14H20N2O3S. The molecule has 1 heterocycles. The summed E-state index contributed by atoms with van der Waals surface area (Å²) in [7, 11) is 1.74. The van der Waals surface area contributed by atoms with E-state index in [0.717, 1.165) is 5.69 Å². The summed E-state index contributed by atoms with van der Waals surface area (Å²) in [6, 6.07) is 1.85. The molecule has 110 valence electrons. The standard InChI is InChI=1S/C14H20N2O3S/c1-8(2)16(5)11(17)7-20-13-12(14(18)19)9(3)6-10(4)15-13/h6,8H,7H2,1-5H3,(H,18,19). The fraction of sp³-hybridized carbons (Fsp3) is 0.500. The number of hydrogen-bond donors (Lipinski definition) is 1. The lowest BCUT2D eigenvalue weighted by molar-refractivity contribution is -0.128. The molecular weight excluding hydrogens is 276 g/mol. The number of carboxylic acid groups (broad SMARTS) is 1. The average Bonchev–Trinajstić information content (AvgIpc) is 2.33. The van der Waals surface area contributed by atoms with Gasteiger partial charge in [0.05, 0.1) is 11.3 Å². The fourth-order valence-corrected chi connectivity index (χ4v) is 2.75. The molecule has 1 rings (SSSR count). The van der Waals surface area contributed by atoms with E-state index in [-0.39, 0.29) is 23.3 Å². The van der Waals surface area contributed by atoms with Gasteiger partial charge in [-0.25, -0.2) is 9.78 Å². The fourth-order valence-electron chi connectivity index (χ4n) is 1.69. The summed E-state index contributed by atoms with van der Waals surface area (Å²) < 4.78 is 0. The van der Waals surface area contributed by atoms with E-state index in [1.54, 1.807) is 24.9 Å². The zero-order valence-electron chi connectivity index (χ0n) is 12.4. The smallest absolute Gasteiger partial charge is 0.338 e. The molecule has 0 aromatic carbocycles. The number of hydrogen-bond acceptors (Lipinski definition) is 4. The number of aromatic nitrogens is 1. The zero-order chi connectivity index (χ0) is 15.4. The van der Waals surface area contributed by atoms with Crippen molar-refractivity contribution in [1.82, 2.24) is 9.88 Å². The van der Waals surface area contributed by atoms with Crippen LogP contribution in [-0.2, 0) is 4.79 Å². The number of pyridine rings is 1. The Morgan fingerprint density at radius 1 is 1.40 bits per heavy atom. The van der Waals surface area contributed by atoms with Crippen molar-refractivity contribution in [2.75, 3.05) is 12.8 Å². The van der Waals surface area contributed by atoms with Gasteiger partial charge in [-0.2, -0.15) is 0 Å². The third-order valence-electron chi connectivity index (χ3n) is 3.03. The lowest BCUT2D eigenvalue weighted by atomic mass is 10.1. The van der Waals surface area contributed by atoms with Crippen LogP contribution in [0, 0.1) is 13.8 Å². The normalized spacial score (nSPS) is 10.7. The van der Waals surface area contributed by atoms with Crippen LogP contribution < -0.4 is 0 Å². The Kier molecular flexibility index (Phi) is 5.56. The molecule has 0 bridgehead atoms. The van der Waals surface area contributed by atoms with Gasteiger partial charge in [0, 0.05) is 18.8 Å². The van der Waals surface area contributed by atoms with E-state index >= 15 is 0 Å². The topological polar surface area (TPSA) is 70.5 Å². The average molecular weight is 296 g/mol. The highest BCUT2D eigenvalue weighted by atomic mass is 32.2. The van der Waals surface area contributed by atoms with Crippen LogP contribution in [0.15, 0.2) is 11.1 Å². The number of carbonyl (C=O) groups is 2. The number of thioether (sulfide) groups is 1. The molecule has 0 atom stereocenters. The number of rotatable bonds is 5. The molecule has 1 N–H and O–H groups in total. The van der Waals surface area contributed by atoms with E-state index < -0.39 is 5.97 Å². The van der Waals surface area contributed by atoms with Crippen LogP contribution in [0.25, 0.3) is 0 Å². The van der Waals surface area contributed by atoms with Crippen molar-refractivity contribution in [1.29, 1.82) is 0 Å². The van der Waals surface area contributed by atoms with Gasteiger partial charge in [0.25, 0.3) is 0 Å². The van der Waals surface area contributed by atoms with E-state index in [1.165, 1.54) is 11.8 Å². The second-order valence-electron chi connectivity index (χ2n) is 4.95. The highest BCUT2D eigenvalue weighted by Gasteiger charge is 2.19. The lowest BCUT2D eigenvalue weighted by Crippen LogP contribution is -2.34. The molecule has 0 aliphatic heterocycles. The molecule has 1 aromatic heterocycles. The van der Waals surface area contributed by atoms with Crippen LogP contribution in [0.4, 0.5) is 0 Å². The Morgan fingerprint density at radius 3 is 2.50 bits per heavy atom. The van der Waals surface area contributed by atoms with Gasteiger partial charge >= 0.3 is 5.97 Å². The first-order valence-corrected chi connectivity index (χ1v) is 7.32. The van der Waals surface area contributed by atoms with Crippen molar-refractivity contribution in [2.45, 2.75) is 38.8 Å². The monoisotopic (exact) mass is 296 g/mol. The molecule has 1 aromatic rings. The van der Waals surface area contributed by atoms with Gasteiger partial charge in [-0.1, -0.05) is 11.8 Å². The minimum absolute atomic E-state index is 0.0395. The molecule has 1 amide bonds. The number of carbonyl (C=O) groups excluding carboxylic acids is 1. The summed E-state index contributed by atoms with van der Waals surface area (Å²) in [5, 5.41) is 9.65. The van der Waals surface area contributed by atoms with Gasteiger partial charge in [-0.15, -0.1) is 0 Å². The largest absolute Gasteiger partial charge is 0.478 e. The van der Waals surface area contributed by atoms with Crippen LogP contribution in [0.2, 0.25) is 0 Å². The minimum atomic E-state index is -1.01. The Balaban J connectivity index is 2.93. The minimum Gasteiger partial charge on any atom is -0.478 e. The summed E-state index contributed by atoms with van der Waals surface area (Å²) >= 11 is 1.17. The predicted molar refractivity (Wildman–Crippen MR) is 79.3 cm³/mol. The maximum absolute atomic E-state index is 11.9. The first kappa shape index (κ1) is 16.5. The van der Waals surface area contributed by atoms with E-state index in [1.807, 2.05) is 20.8 Å². The second-order valence-corrected chi connectivity index (χ2v) is 5.92. The molecule has 0 radical (unpaired) electrons. The highest BCUT2D eigenvalue weighted by molar-refractivity contribution is 8.00. The van der Waals surface area contributed by atoms with Crippen molar-refractivity contribution in [3.63, 3.8) is 0 Å². The maximum Gasteiger partial charge on any atom is 0.338 e. The van der Waals surface area contributed by atoms with Crippen molar-refractivity contribution in [3.05, 3.63) is 22.9 Å². The van der Waals surface area contributed by atoms with Crippen LogP contribution in [0.5, 0.6) is 0 Å². The second kappa shape index (κ2) is 6.74. The summed E-state index contributed by atoms with van der Waals surface area (Å²) in [6.07, 6.45) is 0. The molecule has 0 spiro atoms. The number of aryl methyl sites for hydroxylation is 2. The predicted octanol–water partition coefficient (Wildman–Crippen LogP) is 2.36. The number of aromatic carboxylic acids is 1. The molecule has 20 heavy (non-hydrogen) atoms. The Hall–Kier alpha value is -1.56. The van der Waals surface area contributed by atoms with E-state index in [4.69, 9.17) is 0 Å². The molecule has 0 unspecified atom stereocenters. The molecule has 0 aliphatic rings. The van der Waals surface area contributed by atoms with Gasteiger partial charge in [0.1, 0.15) is 5.03 Å². The molecule has 0 fully saturated rings. The number of amides is 1. The Bertz CT molecular complexity index is 529. The van der Waals surface area contributed by atoms with Crippen molar-refractivity contribution < 1.29 is 14.7 Å². The third kappa shape index (κ3) is 3.96. The first-order chi connectivity index (χ1) is 9.23.